The van der Waals surface area contributed by atoms with Crippen LogP contribution in [0.15, 0.2) is 18.5 Å². The van der Waals surface area contributed by atoms with E-state index in [1.165, 1.54) is 0 Å². The zero-order valence-electron chi connectivity index (χ0n) is 8.35. The first kappa shape index (κ1) is 11.6. The fourth-order valence-corrected chi connectivity index (χ4v) is 1.25. The van der Waals surface area contributed by atoms with Crippen LogP contribution in [-0.2, 0) is 11.3 Å². The van der Waals surface area contributed by atoms with Crippen LogP contribution in [0.2, 0.25) is 0 Å². The predicted molar refractivity (Wildman–Crippen MR) is 61.3 cm³/mol. The van der Waals surface area contributed by atoms with Crippen molar-refractivity contribution in [2.45, 2.75) is 19.4 Å². The van der Waals surface area contributed by atoms with Crippen molar-refractivity contribution in [3.63, 3.8) is 0 Å². The Labute approximate surface area is 93.6 Å². The van der Waals surface area contributed by atoms with Gasteiger partial charge >= 0.3 is 0 Å². The van der Waals surface area contributed by atoms with Crippen molar-refractivity contribution in [1.82, 2.24) is 15.1 Å². The summed E-state index contributed by atoms with van der Waals surface area (Å²) in [5.74, 6) is -0.122. The summed E-state index contributed by atoms with van der Waals surface area (Å²) in [5.41, 5.74) is 5.23. The van der Waals surface area contributed by atoms with Crippen LogP contribution in [0.1, 0.15) is 12.8 Å². The Morgan fingerprint density at radius 3 is 3.00 bits per heavy atom. The van der Waals surface area contributed by atoms with E-state index in [-0.39, 0.29) is 17.3 Å². The first-order valence-corrected chi connectivity index (χ1v) is 5.12. The standard InChI is InChI=1S/C9H14N4OS/c10-8(15)7-9(14)11-3-1-5-13-6-2-4-12-13/h2,4,6H,1,3,5,7H2,(H2,10,15)(H,11,14). The highest BCUT2D eigenvalue weighted by Gasteiger charge is 2.01. The molecule has 1 heterocycles. The summed E-state index contributed by atoms with van der Waals surface area (Å²) in [6.45, 7) is 1.40. The van der Waals surface area contributed by atoms with E-state index in [2.05, 4.69) is 22.6 Å². The van der Waals surface area contributed by atoms with Crippen molar-refractivity contribution < 1.29 is 4.79 Å². The fraction of sp³-hybridized carbons (Fsp3) is 0.444. The van der Waals surface area contributed by atoms with Crippen molar-refractivity contribution in [2.24, 2.45) is 5.73 Å². The number of hydrogen-bond donors (Lipinski definition) is 2. The molecule has 0 saturated carbocycles. The maximum Gasteiger partial charge on any atom is 0.226 e. The lowest BCUT2D eigenvalue weighted by Crippen LogP contribution is -2.28. The molecule has 1 aromatic heterocycles. The second kappa shape index (κ2) is 6.13. The van der Waals surface area contributed by atoms with Gasteiger partial charge in [0.25, 0.3) is 0 Å². The largest absolute Gasteiger partial charge is 0.393 e. The van der Waals surface area contributed by atoms with E-state index in [1.807, 2.05) is 16.9 Å². The minimum absolute atomic E-state index is 0.122. The third kappa shape index (κ3) is 5.11. The van der Waals surface area contributed by atoms with Gasteiger partial charge < -0.3 is 11.1 Å². The highest BCUT2D eigenvalue weighted by molar-refractivity contribution is 7.80. The van der Waals surface area contributed by atoms with Gasteiger partial charge in [-0.25, -0.2) is 0 Å². The first-order chi connectivity index (χ1) is 7.18. The third-order valence-corrected chi connectivity index (χ3v) is 1.92. The number of nitrogens with zero attached hydrogens (tertiary/aromatic N) is 2. The number of carbonyl (C=O) groups is 1. The smallest absolute Gasteiger partial charge is 0.226 e. The zero-order chi connectivity index (χ0) is 11.1. The van der Waals surface area contributed by atoms with Crippen LogP contribution in [0.5, 0.6) is 0 Å². The van der Waals surface area contributed by atoms with Gasteiger partial charge in [0.05, 0.1) is 11.4 Å². The minimum Gasteiger partial charge on any atom is -0.393 e. The second-order valence-corrected chi connectivity index (χ2v) is 3.64. The van der Waals surface area contributed by atoms with Crippen LogP contribution in [0.4, 0.5) is 0 Å². The van der Waals surface area contributed by atoms with Crippen molar-refractivity contribution in [3.05, 3.63) is 18.5 Å². The van der Waals surface area contributed by atoms with Crippen LogP contribution in [0.25, 0.3) is 0 Å². The molecule has 0 saturated heterocycles. The molecule has 15 heavy (non-hydrogen) atoms. The maximum absolute atomic E-state index is 11.1. The number of aryl methyl sites for hydroxylation is 1. The topological polar surface area (TPSA) is 72.9 Å². The third-order valence-electron chi connectivity index (χ3n) is 1.78. The molecular formula is C9H14N4OS. The van der Waals surface area contributed by atoms with E-state index in [0.29, 0.717) is 6.54 Å². The fourth-order valence-electron chi connectivity index (χ4n) is 1.12. The molecule has 1 aromatic rings. The highest BCUT2D eigenvalue weighted by Crippen LogP contribution is 1.88. The molecule has 0 unspecified atom stereocenters. The van der Waals surface area contributed by atoms with E-state index in [0.717, 1.165) is 13.0 Å². The molecule has 0 aromatic carbocycles. The molecule has 0 radical (unpaired) electrons. The van der Waals surface area contributed by atoms with Gasteiger partial charge in [-0.3, -0.25) is 9.48 Å². The Bertz CT molecular complexity index is 323. The Balaban J connectivity index is 2.06. The van der Waals surface area contributed by atoms with Crippen molar-refractivity contribution in [1.29, 1.82) is 0 Å². The monoisotopic (exact) mass is 226 g/mol. The van der Waals surface area contributed by atoms with Gasteiger partial charge in [-0.05, 0) is 12.5 Å². The summed E-state index contributed by atoms with van der Waals surface area (Å²) in [5, 5.41) is 6.77. The first-order valence-electron chi connectivity index (χ1n) is 4.71. The number of nitrogens with one attached hydrogen (secondary N) is 1. The molecule has 0 aliphatic heterocycles. The molecule has 82 valence electrons. The average molecular weight is 226 g/mol. The quantitative estimate of drug-likeness (QED) is 0.531. The number of hydrogen-bond acceptors (Lipinski definition) is 3. The number of aromatic nitrogens is 2. The van der Waals surface area contributed by atoms with Crippen LogP contribution in [-0.4, -0.2) is 27.2 Å². The van der Waals surface area contributed by atoms with Gasteiger partial charge in [0, 0.05) is 25.5 Å². The van der Waals surface area contributed by atoms with Gasteiger partial charge in [-0.2, -0.15) is 5.10 Å². The molecule has 0 aliphatic carbocycles. The average Bonchev–Trinajstić information content (AvgIpc) is 2.63. The van der Waals surface area contributed by atoms with Gasteiger partial charge in [0.2, 0.25) is 5.91 Å². The van der Waals surface area contributed by atoms with Gasteiger partial charge in [0.15, 0.2) is 0 Å². The van der Waals surface area contributed by atoms with Gasteiger partial charge in [-0.15, -0.1) is 0 Å². The molecule has 0 atom stereocenters. The van der Waals surface area contributed by atoms with E-state index in [4.69, 9.17) is 5.73 Å². The molecule has 3 N–H and O–H groups in total. The number of rotatable bonds is 6. The summed E-state index contributed by atoms with van der Waals surface area (Å²) in [4.78, 5) is 11.3. The number of thiocarbonyl (C=S) groups is 1. The SMILES string of the molecule is NC(=S)CC(=O)NCCCn1cccn1. The summed E-state index contributed by atoms with van der Waals surface area (Å²) in [6, 6.07) is 1.87. The van der Waals surface area contributed by atoms with Crippen LogP contribution in [0, 0.1) is 0 Å². The number of carbonyl (C=O) groups excluding carboxylic acids is 1. The molecule has 0 spiro atoms. The normalized spacial score (nSPS) is 9.87. The second-order valence-electron chi connectivity index (χ2n) is 3.12. The van der Waals surface area contributed by atoms with Crippen molar-refractivity contribution in [3.8, 4) is 0 Å². The Hall–Kier alpha value is -1.43. The molecule has 0 bridgehead atoms. The van der Waals surface area contributed by atoms with Gasteiger partial charge in [0.1, 0.15) is 0 Å². The molecule has 1 rings (SSSR count). The maximum atomic E-state index is 11.1. The Morgan fingerprint density at radius 1 is 1.60 bits per heavy atom. The summed E-state index contributed by atoms with van der Waals surface area (Å²) in [6.07, 6.45) is 4.57. The lowest BCUT2D eigenvalue weighted by atomic mass is 10.3. The van der Waals surface area contributed by atoms with Crippen LogP contribution in [0.3, 0.4) is 0 Å². The van der Waals surface area contributed by atoms with E-state index in [9.17, 15) is 4.79 Å². The Kier molecular flexibility index (Phi) is 4.76. The molecule has 5 nitrogen and oxygen atoms in total. The zero-order valence-corrected chi connectivity index (χ0v) is 9.17. The molecule has 1 amide bonds. The molecule has 6 heteroatoms. The minimum atomic E-state index is -0.122. The molecule has 0 aliphatic rings. The molecule has 0 fully saturated rings. The van der Waals surface area contributed by atoms with Crippen LogP contribution < -0.4 is 11.1 Å². The predicted octanol–water partition coefficient (Wildman–Crippen LogP) is 0.0656. The lowest BCUT2D eigenvalue weighted by molar-refractivity contribution is -0.119. The van der Waals surface area contributed by atoms with Crippen molar-refractivity contribution in [2.75, 3.05) is 6.54 Å². The summed E-state index contributed by atoms with van der Waals surface area (Å²) in [7, 11) is 0. The summed E-state index contributed by atoms with van der Waals surface area (Å²) >= 11 is 4.62. The summed E-state index contributed by atoms with van der Waals surface area (Å²) < 4.78 is 1.82. The Morgan fingerprint density at radius 2 is 2.40 bits per heavy atom. The number of nitrogens with two attached hydrogens (primary N) is 1. The van der Waals surface area contributed by atoms with Crippen molar-refractivity contribution >= 4 is 23.1 Å². The molecular weight excluding hydrogens is 212 g/mol. The van der Waals surface area contributed by atoms with Crippen LogP contribution >= 0.6 is 12.2 Å². The highest BCUT2D eigenvalue weighted by atomic mass is 32.1. The number of amides is 1. The van der Waals surface area contributed by atoms with E-state index < -0.39 is 0 Å². The van der Waals surface area contributed by atoms with E-state index >= 15 is 0 Å². The van der Waals surface area contributed by atoms with E-state index in [1.54, 1.807) is 6.20 Å². The lowest BCUT2D eigenvalue weighted by Gasteiger charge is -2.04. The van der Waals surface area contributed by atoms with Gasteiger partial charge in [-0.1, -0.05) is 12.2 Å².